The number of likely N-dealkylation sites (tertiary alicyclic amines) is 1. The van der Waals surface area contributed by atoms with Crippen molar-refractivity contribution < 1.29 is 14.3 Å². The molecule has 1 fully saturated rings. The number of amides is 1. The summed E-state index contributed by atoms with van der Waals surface area (Å²) in [4.78, 5) is 39.7. The molecule has 8 nitrogen and oxygen atoms in total. The molecule has 2 aromatic carbocycles. The fourth-order valence-corrected chi connectivity index (χ4v) is 5.78. The summed E-state index contributed by atoms with van der Waals surface area (Å²) in [5.41, 5.74) is 4.04. The summed E-state index contributed by atoms with van der Waals surface area (Å²) >= 11 is 6.62. The zero-order valence-corrected chi connectivity index (χ0v) is 26.5. The van der Waals surface area contributed by atoms with E-state index in [4.69, 9.17) is 21.1 Å². The second kappa shape index (κ2) is 13.1. The van der Waals surface area contributed by atoms with Gasteiger partial charge in [0.1, 0.15) is 17.0 Å². The minimum Gasteiger partial charge on any atom is -0.492 e. The number of hydrogen-bond acceptors (Lipinski definition) is 6. The first-order valence-corrected chi connectivity index (χ1v) is 15.2. The summed E-state index contributed by atoms with van der Waals surface area (Å²) in [6, 6.07) is 9.53. The molecule has 1 aliphatic rings. The van der Waals surface area contributed by atoms with Gasteiger partial charge in [0.05, 0.1) is 28.9 Å². The van der Waals surface area contributed by atoms with E-state index in [9.17, 15) is 9.59 Å². The lowest BCUT2D eigenvalue weighted by Crippen LogP contribution is -2.46. The molecule has 1 amide bonds. The number of aromatic nitrogens is 3. The summed E-state index contributed by atoms with van der Waals surface area (Å²) in [6.45, 7) is 10.6. The summed E-state index contributed by atoms with van der Waals surface area (Å²) in [5, 5.41) is 1.07. The van der Waals surface area contributed by atoms with Crippen LogP contribution in [0, 0.1) is 25.7 Å². The summed E-state index contributed by atoms with van der Waals surface area (Å²) in [7, 11) is 0. The molecule has 0 saturated carbocycles. The van der Waals surface area contributed by atoms with E-state index < -0.39 is 5.60 Å². The lowest BCUT2D eigenvalue weighted by Gasteiger charge is -2.36. The standard InChI is InChI=1S/C35H37ClN4O4/c1-22-16-23(2)18-25(17-22)31-32(43-15-11-27-8-6-7-14-40(27)34(42)44-35(3,4)5)28-19-24(9-10-26-21-37-12-13-38-26)29(36)20-30(28)39-33(31)41/h12-13,16-21,27H,6-8,11,14-15H2,1-5H3,(H,39,41). The van der Waals surface area contributed by atoms with Crippen molar-refractivity contribution in [1.29, 1.82) is 0 Å². The fourth-order valence-electron chi connectivity index (χ4n) is 5.57. The molecule has 2 aromatic heterocycles. The van der Waals surface area contributed by atoms with Gasteiger partial charge in [0.2, 0.25) is 0 Å². The number of nitrogens with zero attached hydrogens (tertiary/aromatic N) is 3. The predicted octanol–water partition coefficient (Wildman–Crippen LogP) is 7.21. The first-order chi connectivity index (χ1) is 21.0. The molecule has 1 unspecified atom stereocenters. The third-order valence-electron chi connectivity index (χ3n) is 7.41. The van der Waals surface area contributed by atoms with Gasteiger partial charge in [-0.05, 0) is 77.5 Å². The van der Waals surface area contributed by atoms with E-state index >= 15 is 0 Å². The van der Waals surface area contributed by atoms with E-state index in [0.717, 1.165) is 36.0 Å². The van der Waals surface area contributed by atoms with Crippen molar-refractivity contribution in [3.8, 4) is 28.7 Å². The molecule has 3 heterocycles. The topological polar surface area (TPSA) is 97.4 Å². The van der Waals surface area contributed by atoms with Crippen LogP contribution in [-0.4, -0.2) is 50.7 Å². The van der Waals surface area contributed by atoms with Crippen LogP contribution in [0.4, 0.5) is 4.79 Å². The molecule has 44 heavy (non-hydrogen) atoms. The highest BCUT2D eigenvalue weighted by molar-refractivity contribution is 6.32. The Morgan fingerprint density at radius 1 is 1.09 bits per heavy atom. The minimum atomic E-state index is -0.574. The average molecular weight is 613 g/mol. The SMILES string of the molecule is Cc1cc(C)cc(-c2c(OCCC3CCCCN3C(=O)OC(C)(C)C)c3cc(C#Cc4cnccn4)c(Cl)cc3[nH]c2=O)c1. The molecule has 5 rings (SSSR count). The monoisotopic (exact) mass is 612 g/mol. The highest BCUT2D eigenvalue weighted by atomic mass is 35.5. The van der Waals surface area contributed by atoms with Crippen LogP contribution in [0.15, 0.2) is 53.7 Å². The number of aryl methyl sites for hydroxylation is 2. The van der Waals surface area contributed by atoms with Gasteiger partial charge in [-0.1, -0.05) is 46.8 Å². The van der Waals surface area contributed by atoms with E-state index in [1.807, 2.05) is 57.7 Å². The van der Waals surface area contributed by atoms with Gasteiger partial charge in [0, 0.05) is 42.4 Å². The van der Waals surface area contributed by atoms with Crippen molar-refractivity contribution in [3.63, 3.8) is 0 Å². The third kappa shape index (κ3) is 7.40. The maximum Gasteiger partial charge on any atom is 0.410 e. The molecule has 0 spiro atoms. The number of benzene rings is 2. The van der Waals surface area contributed by atoms with Gasteiger partial charge in [0.25, 0.3) is 5.56 Å². The minimum absolute atomic E-state index is 0.0284. The lowest BCUT2D eigenvalue weighted by molar-refractivity contribution is 0.00745. The Labute approximate surface area is 262 Å². The molecule has 1 saturated heterocycles. The van der Waals surface area contributed by atoms with Crippen molar-refractivity contribution >= 4 is 28.6 Å². The van der Waals surface area contributed by atoms with Gasteiger partial charge >= 0.3 is 6.09 Å². The number of H-pyrrole nitrogens is 1. The first kappa shape index (κ1) is 31.1. The third-order valence-corrected chi connectivity index (χ3v) is 7.72. The summed E-state index contributed by atoms with van der Waals surface area (Å²) < 4.78 is 12.2. The van der Waals surface area contributed by atoms with E-state index in [1.165, 1.54) is 0 Å². The van der Waals surface area contributed by atoms with Crippen LogP contribution in [0.1, 0.15) is 68.8 Å². The molecule has 1 atom stereocenters. The predicted molar refractivity (Wildman–Crippen MR) is 173 cm³/mol. The average Bonchev–Trinajstić information content (AvgIpc) is 2.95. The first-order valence-electron chi connectivity index (χ1n) is 14.9. The van der Waals surface area contributed by atoms with Crippen LogP contribution in [0.25, 0.3) is 22.0 Å². The van der Waals surface area contributed by atoms with Gasteiger partial charge in [-0.3, -0.25) is 9.78 Å². The van der Waals surface area contributed by atoms with Crippen molar-refractivity contribution in [2.75, 3.05) is 13.2 Å². The molecule has 1 aliphatic heterocycles. The van der Waals surface area contributed by atoms with Crippen LogP contribution < -0.4 is 10.3 Å². The maximum atomic E-state index is 13.6. The lowest BCUT2D eigenvalue weighted by atomic mass is 9.98. The number of pyridine rings is 1. The van der Waals surface area contributed by atoms with Gasteiger partial charge in [-0.2, -0.15) is 0 Å². The van der Waals surface area contributed by atoms with Crippen LogP contribution in [-0.2, 0) is 4.74 Å². The number of carbonyl (C=O) groups is 1. The Hall–Kier alpha value is -4.35. The number of hydrogen-bond donors (Lipinski definition) is 1. The number of aromatic amines is 1. The maximum absolute atomic E-state index is 13.6. The molecular formula is C35H37ClN4O4. The van der Waals surface area contributed by atoms with E-state index in [-0.39, 0.29) is 17.7 Å². The molecule has 1 N–H and O–H groups in total. The Kier molecular flexibility index (Phi) is 9.26. The number of halogens is 1. The van der Waals surface area contributed by atoms with Gasteiger partial charge in [-0.15, -0.1) is 0 Å². The van der Waals surface area contributed by atoms with Crippen molar-refractivity contribution in [2.24, 2.45) is 0 Å². The number of fused-ring (bicyclic) bond motifs is 1. The molecule has 0 radical (unpaired) electrons. The van der Waals surface area contributed by atoms with E-state index in [1.54, 1.807) is 24.7 Å². The number of nitrogens with one attached hydrogen (secondary N) is 1. The fraction of sp³-hybridized carbons (Fsp3) is 0.371. The summed E-state index contributed by atoms with van der Waals surface area (Å²) in [5.74, 6) is 6.55. The van der Waals surface area contributed by atoms with Crippen molar-refractivity contribution in [2.45, 2.75) is 71.9 Å². The number of rotatable bonds is 5. The molecule has 4 aromatic rings. The normalized spacial score (nSPS) is 15.0. The molecular weight excluding hydrogens is 576 g/mol. The Balaban J connectivity index is 1.54. The highest BCUT2D eigenvalue weighted by Gasteiger charge is 2.30. The van der Waals surface area contributed by atoms with E-state index in [2.05, 4.69) is 32.9 Å². The van der Waals surface area contributed by atoms with Crippen LogP contribution in [0.5, 0.6) is 5.75 Å². The smallest absolute Gasteiger partial charge is 0.410 e. The van der Waals surface area contributed by atoms with Crippen molar-refractivity contribution in [3.05, 3.63) is 86.7 Å². The Morgan fingerprint density at radius 3 is 2.57 bits per heavy atom. The number of ether oxygens (including phenoxy) is 2. The van der Waals surface area contributed by atoms with E-state index in [0.29, 0.717) is 58.1 Å². The second-order valence-corrected chi connectivity index (χ2v) is 12.6. The second-order valence-electron chi connectivity index (χ2n) is 12.2. The zero-order valence-electron chi connectivity index (χ0n) is 25.8. The molecule has 0 aliphatic carbocycles. The Morgan fingerprint density at radius 2 is 1.86 bits per heavy atom. The molecule has 228 valence electrons. The van der Waals surface area contributed by atoms with Crippen molar-refractivity contribution in [1.82, 2.24) is 19.9 Å². The zero-order chi connectivity index (χ0) is 31.4. The Bertz CT molecular complexity index is 1780. The number of piperidine rings is 1. The van der Waals surface area contributed by atoms with Gasteiger partial charge < -0.3 is 19.4 Å². The molecule has 0 bridgehead atoms. The summed E-state index contributed by atoms with van der Waals surface area (Å²) in [6.07, 6.45) is 7.85. The quantitative estimate of drug-likeness (QED) is 0.239. The van der Waals surface area contributed by atoms with Crippen LogP contribution in [0.2, 0.25) is 5.02 Å². The van der Waals surface area contributed by atoms with Crippen LogP contribution >= 0.6 is 11.6 Å². The molecule has 9 heteroatoms. The largest absolute Gasteiger partial charge is 0.492 e. The number of carbonyl (C=O) groups excluding carboxylic acids is 1. The van der Waals surface area contributed by atoms with Crippen LogP contribution in [0.3, 0.4) is 0 Å². The van der Waals surface area contributed by atoms with Gasteiger partial charge in [0.15, 0.2) is 0 Å². The van der Waals surface area contributed by atoms with Gasteiger partial charge in [-0.25, -0.2) is 9.78 Å². The highest BCUT2D eigenvalue weighted by Crippen LogP contribution is 2.37.